The van der Waals surface area contributed by atoms with Crippen LogP contribution in [0.2, 0.25) is 0 Å². The second-order valence-electron chi connectivity index (χ2n) is 20.2. The lowest BCUT2D eigenvalue weighted by atomic mass is 10.1. The molecular weight excluding hydrogens is 913 g/mol. The fraction of sp³-hybridized carbons (Fsp3) is 0.691. The summed E-state index contributed by atoms with van der Waals surface area (Å²) in [6.45, 7) is 6.46. The minimum atomic E-state index is -0.799. The molecule has 0 saturated carbocycles. The smallest absolute Gasteiger partial charge is 0.306 e. The predicted octanol–water partition coefficient (Wildman–Crippen LogP) is 21.0. The third-order valence-electron chi connectivity index (χ3n) is 13.0. The number of unbranched alkanes of at least 4 members (excludes halogenated alkanes) is 26. The molecule has 74 heavy (non-hydrogen) atoms. The van der Waals surface area contributed by atoms with Gasteiger partial charge in [0.1, 0.15) is 13.2 Å². The summed E-state index contributed by atoms with van der Waals surface area (Å²) in [4.78, 5) is 38.3. The van der Waals surface area contributed by atoms with Crippen molar-refractivity contribution in [2.45, 2.75) is 290 Å². The molecule has 0 saturated heterocycles. The Morgan fingerprint density at radius 3 is 0.878 bits per heavy atom. The molecule has 6 heteroatoms. The van der Waals surface area contributed by atoms with Crippen molar-refractivity contribution < 1.29 is 28.6 Å². The lowest BCUT2D eigenvalue weighted by Crippen LogP contribution is -2.30. The van der Waals surface area contributed by atoms with Crippen LogP contribution in [0.5, 0.6) is 0 Å². The molecule has 0 aliphatic heterocycles. The van der Waals surface area contributed by atoms with E-state index in [1.807, 2.05) is 0 Å². The van der Waals surface area contributed by atoms with Gasteiger partial charge in [-0.3, -0.25) is 14.4 Å². The molecule has 0 spiro atoms. The van der Waals surface area contributed by atoms with E-state index in [1.165, 1.54) is 109 Å². The number of carbonyl (C=O) groups is 3. The molecule has 6 nitrogen and oxygen atoms in total. The Morgan fingerprint density at radius 1 is 0.284 bits per heavy atom. The second kappa shape index (κ2) is 61.6. The summed E-state index contributed by atoms with van der Waals surface area (Å²) in [5, 5.41) is 0. The SMILES string of the molecule is CC/C=C\C/C=C\C/C=C\C/C=C\C/C=C\C/C=C\CCCCCCC(=O)OCC(COC(=O)CCCCCCC/C=C\C/C=C\CCCC)OC(=O)CCCCCCCCCCC/C=C\CCCCCCCC. The molecule has 0 fully saturated rings. The molecule has 0 aromatic rings. The third kappa shape index (κ3) is 59.0. The van der Waals surface area contributed by atoms with Crippen molar-refractivity contribution in [1.82, 2.24) is 0 Å². The van der Waals surface area contributed by atoms with Gasteiger partial charge in [-0.2, -0.15) is 0 Å². The number of esters is 3. The molecule has 0 rings (SSSR count). The number of ether oxygens (including phenoxy) is 3. The number of carbonyl (C=O) groups excluding carboxylic acids is 3. The highest BCUT2D eigenvalue weighted by Gasteiger charge is 2.19. The Bertz CT molecular complexity index is 1510. The van der Waals surface area contributed by atoms with Crippen LogP contribution in [0, 0.1) is 0 Å². The molecule has 0 N–H and O–H groups in total. The summed E-state index contributed by atoms with van der Waals surface area (Å²) in [6, 6.07) is 0. The van der Waals surface area contributed by atoms with Crippen molar-refractivity contribution in [2.75, 3.05) is 13.2 Å². The molecule has 0 aliphatic rings. The van der Waals surface area contributed by atoms with Gasteiger partial charge in [-0.25, -0.2) is 0 Å². The van der Waals surface area contributed by atoms with Gasteiger partial charge < -0.3 is 14.2 Å². The van der Waals surface area contributed by atoms with Gasteiger partial charge in [-0.05, 0) is 122 Å². The highest BCUT2D eigenvalue weighted by Crippen LogP contribution is 2.15. The van der Waals surface area contributed by atoms with Crippen LogP contribution in [0.4, 0.5) is 0 Å². The zero-order valence-electron chi connectivity index (χ0n) is 48.3. The van der Waals surface area contributed by atoms with Crippen molar-refractivity contribution in [1.29, 1.82) is 0 Å². The van der Waals surface area contributed by atoms with E-state index in [0.29, 0.717) is 19.3 Å². The van der Waals surface area contributed by atoms with Gasteiger partial charge in [0.2, 0.25) is 0 Å². The van der Waals surface area contributed by atoms with Gasteiger partial charge in [-0.15, -0.1) is 0 Å². The van der Waals surface area contributed by atoms with E-state index in [4.69, 9.17) is 14.2 Å². The maximum Gasteiger partial charge on any atom is 0.306 e. The lowest BCUT2D eigenvalue weighted by molar-refractivity contribution is -0.167. The van der Waals surface area contributed by atoms with Gasteiger partial charge in [-0.1, -0.05) is 252 Å². The average molecular weight is 1030 g/mol. The van der Waals surface area contributed by atoms with Crippen LogP contribution in [0.25, 0.3) is 0 Å². The summed E-state index contributed by atoms with van der Waals surface area (Å²) < 4.78 is 16.9. The Balaban J connectivity index is 4.44. The molecule has 422 valence electrons. The topological polar surface area (TPSA) is 78.9 Å². The first-order valence-corrected chi connectivity index (χ1v) is 30.9. The molecule has 0 aromatic carbocycles. The maximum absolute atomic E-state index is 12.9. The van der Waals surface area contributed by atoms with E-state index in [2.05, 4.69) is 130 Å². The molecule has 1 atom stereocenters. The molecular formula is C68H114O6. The largest absolute Gasteiger partial charge is 0.462 e. The van der Waals surface area contributed by atoms with Crippen molar-refractivity contribution >= 4 is 17.9 Å². The van der Waals surface area contributed by atoms with Crippen molar-refractivity contribution in [3.8, 4) is 0 Å². The molecule has 0 heterocycles. The number of rotatable bonds is 55. The van der Waals surface area contributed by atoms with Crippen LogP contribution in [0.3, 0.4) is 0 Å². The second-order valence-corrected chi connectivity index (χ2v) is 20.2. The standard InChI is InChI=1S/C68H114O6/c1-4-7-10-13-16-19-22-25-28-30-32-33-34-35-37-38-40-43-46-49-52-55-58-61-67(70)73-64-65(63-72-66(69)60-57-54-51-48-45-42-27-24-21-18-15-12-9-6-3)74-68(71)62-59-56-53-50-47-44-41-39-36-31-29-26-23-20-17-14-11-8-5-2/h7,10,15-16,18-19,24-29,32-33,35,37,40,43,65H,4-6,8-9,11-14,17,20-23,30-31,34,36,38-39,41-42,44-64H2,1-3H3/b10-7-,18-15-,19-16-,27-24-,28-25-,29-26-,33-32-,37-35-,43-40-. The Labute approximate surface area is 457 Å². The van der Waals surface area contributed by atoms with Crippen LogP contribution in [0.1, 0.15) is 284 Å². The third-order valence-corrected chi connectivity index (χ3v) is 13.0. The summed E-state index contributed by atoms with van der Waals surface area (Å²) in [5.41, 5.74) is 0. The van der Waals surface area contributed by atoms with Gasteiger partial charge in [0.05, 0.1) is 0 Å². The van der Waals surface area contributed by atoms with Gasteiger partial charge >= 0.3 is 17.9 Å². The molecule has 0 amide bonds. The van der Waals surface area contributed by atoms with Crippen LogP contribution >= 0.6 is 0 Å². The minimum absolute atomic E-state index is 0.0952. The lowest BCUT2D eigenvalue weighted by Gasteiger charge is -2.18. The Kier molecular flexibility index (Phi) is 58.3. The van der Waals surface area contributed by atoms with E-state index in [1.54, 1.807) is 0 Å². The van der Waals surface area contributed by atoms with Crippen LogP contribution in [-0.4, -0.2) is 37.2 Å². The van der Waals surface area contributed by atoms with Crippen molar-refractivity contribution in [3.05, 3.63) is 109 Å². The van der Waals surface area contributed by atoms with E-state index < -0.39 is 6.10 Å². The Morgan fingerprint density at radius 2 is 0.541 bits per heavy atom. The normalized spacial score (nSPS) is 12.9. The van der Waals surface area contributed by atoms with E-state index >= 15 is 0 Å². The first-order valence-electron chi connectivity index (χ1n) is 30.9. The number of hydrogen-bond acceptors (Lipinski definition) is 6. The molecule has 0 aromatic heterocycles. The molecule has 0 aliphatic carbocycles. The van der Waals surface area contributed by atoms with Crippen LogP contribution < -0.4 is 0 Å². The summed E-state index contributed by atoms with van der Waals surface area (Å²) >= 11 is 0. The fourth-order valence-electron chi connectivity index (χ4n) is 8.34. The van der Waals surface area contributed by atoms with E-state index in [0.717, 1.165) is 135 Å². The van der Waals surface area contributed by atoms with Gasteiger partial charge in [0.15, 0.2) is 6.10 Å². The predicted molar refractivity (Wildman–Crippen MR) is 320 cm³/mol. The summed E-state index contributed by atoms with van der Waals surface area (Å²) in [7, 11) is 0. The minimum Gasteiger partial charge on any atom is -0.462 e. The van der Waals surface area contributed by atoms with Crippen LogP contribution in [0.15, 0.2) is 109 Å². The van der Waals surface area contributed by atoms with E-state index in [-0.39, 0.29) is 31.1 Å². The average Bonchev–Trinajstić information content (AvgIpc) is 3.40. The summed E-state index contributed by atoms with van der Waals surface area (Å²) in [5.74, 6) is -0.931. The molecule has 1 unspecified atom stereocenters. The fourth-order valence-corrected chi connectivity index (χ4v) is 8.34. The summed E-state index contributed by atoms with van der Waals surface area (Å²) in [6.07, 6.45) is 83.7. The van der Waals surface area contributed by atoms with Crippen LogP contribution in [-0.2, 0) is 28.6 Å². The maximum atomic E-state index is 12.9. The molecule has 0 bridgehead atoms. The van der Waals surface area contributed by atoms with Gasteiger partial charge in [0, 0.05) is 19.3 Å². The van der Waals surface area contributed by atoms with Gasteiger partial charge in [0.25, 0.3) is 0 Å². The highest BCUT2D eigenvalue weighted by molar-refractivity contribution is 5.71. The zero-order chi connectivity index (χ0) is 53.6. The van der Waals surface area contributed by atoms with Crippen molar-refractivity contribution in [3.63, 3.8) is 0 Å². The van der Waals surface area contributed by atoms with E-state index in [9.17, 15) is 14.4 Å². The molecule has 0 radical (unpaired) electrons. The Hall–Kier alpha value is -3.93. The number of hydrogen-bond donors (Lipinski definition) is 0. The van der Waals surface area contributed by atoms with Crippen molar-refractivity contribution in [2.24, 2.45) is 0 Å². The first-order chi connectivity index (χ1) is 36.5. The zero-order valence-corrected chi connectivity index (χ0v) is 48.3. The quantitative estimate of drug-likeness (QED) is 0.0261. The monoisotopic (exact) mass is 1030 g/mol. The highest BCUT2D eigenvalue weighted by atomic mass is 16.6. The first kappa shape index (κ1) is 70.1. The number of allylic oxidation sites excluding steroid dienone is 18.